The van der Waals surface area contributed by atoms with Gasteiger partial charge in [0.15, 0.2) is 5.13 Å². The Morgan fingerprint density at radius 2 is 2.11 bits per heavy atom. The molecule has 0 unspecified atom stereocenters. The van der Waals surface area contributed by atoms with Gasteiger partial charge in [0.05, 0.1) is 17.3 Å². The minimum Gasteiger partial charge on any atom is -0.361 e. The minimum absolute atomic E-state index is 0.684. The van der Waals surface area contributed by atoms with Crippen molar-refractivity contribution in [1.29, 1.82) is 5.26 Å². The second-order valence-electron chi connectivity index (χ2n) is 4.94. The van der Waals surface area contributed by atoms with Crippen LogP contribution in [-0.4, -0.2) is 11.5 Å². The van der Waals surface area contributed by atoms with Crippen LogP contribution < -0.4 is 5.32 Å². The highest BCUT2D eigenvalue weighted by molar-refractivity contribution is 7.16. The molecular formula is C15H15N3S. The van der Waals surface area contributed by atoms with Gasteiger partial charge in [-0.05, 0) is 37.8 Å². The molecule has 1 N–H and O–H groups in total. The fourth-order valence-electron chi connectivity index (χ4n) is 2.00. The number of rotatable bonds is 4. The molecule has 0 bridgehead atoms. The predicted octanol–water partition coefficient (Wildman–Crippen LogP) is 3.81. The summed E-state index contributed by atoms with van der Waals surface area (Å²) in [4.78, 5) is 5.87. The van der Waals surface area contributed by atoms with E-state index in [0.717, 1.165) is 28.9 Å². The Kier molecular flexibility index (Phi) is 3.22. The lowest BCUT2D eigenvalue weighted by Crippen LogP contribution is -2.02. The van der Waals surface area contributed by atoms with Crippen LogP contribution in [-0.2, 0) is 0 Å². The van der Waals surface area contributed by atoms with Gasteiger partial charge in [0.25, 0.3) is 0 Å². The number of aromatic nitrogens is 1. The lowest BCUT2D eigenvalue weighted by Gasteiger charge is -1.99. The first-order chi connectivity index (χ1) is 9.26. The number of aryl methyl sites for hydroxylation is 1. The maximum atomic E-state index is 8.81. The summed E-state index contributed by atoms with van der Waals surface area (Å²) < 4.78 is 0. The molecule has 1 aliphatic rings. The highest BCUT2D eigenvalue weighted by atomic mass is 32.1. The lowest BCUT2D eigenvalue weighted by molar-refractivity contribution is 0.887. The number of benzene rings is 1. The fourth-order valence-corrected chi connectivity index (χ4v) is 2.84. The van der Waals surface area contributed by atoms with E-state index in [2.05, 4.69) is 23.3 Å². The van der Waals surface area contributed by atoms with Crippen LogP contribution in [0, 0.1) is 24.2 Å². The number of thiazole rings is 1. The molecule has 0 spiro atoms. The Hall–Kier alpha value is -1.86. The summed E-state index contributed by atoms with van der Waals surface area (Å²) in [5.41, 5.74) is 2.78. The molecule has 1 aliphatic carbocycles. The Morgan fingerprint density at radius 1 is 1.37 bits per heavy atom. The van der Waals surface area contributed by atoms with Crippen molar-refractivity contribution in [1.82, 2.24) is 4.98 Å². The first kappa shape index (κ1) is 12.2. The van der Waals surface area contributed by atoms with Crippen LogP contribution in [0.4, 0.5) is 5.13 Å². The van der Waals surface area contributed by atoms with E-state index in [-0.39, 0.29) is 0 Å². The average molecular weight is 269 g/mol. The molecule has 1 heterocycles. The first-order valence-corrected chi connectivity index (χ1v) is 7.30. The quantitative estimate of drug-likeness (QED) is 0.918. The van der Waals surface area contributed by atoms with Gasteiger partial charge in [0.2, 0.25) is 0 Å². The zero-order chi connectivity index (χ0) is 13.2. The summed E-state index contributed by atoms with van der Waals surface area (Å²) in [5.74, 6) is 0.850. The molecule has 96 valence electrons. The Bertz CT molecular complexity index is 618. The molecule has 2 aromatic rings. The number of hydrogen-bond donors (Lipinski definition) is 1. The van der Waals surface area contributed by atoms with Crippen LogP contribution >= 0.6 is 11.3 Å². The van der Waals surface area contributed by atoms with Crippen LogP contribution in [0.25, 0.3) is 11.3 Å². The number of anilines is 1. The van der Waals surface area contributed by atoms with E-state index in [9.17, 15) is 0 Å². The van der Waals surface area contributed by atoms with Gasteiger partial charge in [0.1, 0.15) is 0 Å². The minimum atomic E-state index is 0.684. The molecule has 1 aromatic heterocycles. The third-order valence-corrected chi connectivity index (χ3v) is 4.25. The number of nitriles is 1. The zero-order valence-electron chi connectivity index (χ0n) is 10.8. The van der Waals surface area contributed by atoms with Crippen LogP contribution in [0.15, 0.2) is 24.3 Å². The summed E-state index contributed by atoms with van der Waals surface area (Å²) in [6, 6.07) is 9.74. The smallest absolute Gasteiger partial charge is 0.183 e. The van der Waals surface area contributed by atoms with Crippen LogP contribution in [0.3, 0.4) is 0 Å². The van der Waals surface area contributed by atoms with E-state index in [1.54, 1.807) is 11.3 Å². The van der Waals surface area contributed by atoms with Gasteiger partial charge in [-0.1, -0.05) is 12.1 Å². The van der Waals surface area contributed by atoms with E-state index < -0.39 is 0 Å². The van der Waals surface area contributed by atoms with E-state index in [4.69, 9.17) is 5.26 Å². The van der Waals surface area contributed by atoms with Gasteiger partial charge in [-0.15, -0.1) is 11.3 Å². The van der Waals surface area contributed by atoms with Crippen molar-refractivity contribution < 1.29 is 0 Å². The molecule has 19 heavy (non-hydrogen) atoms. The molecule has 0 saturated heterocycles. The van der Waals surface area contributed by atoms with Gasteiger partial charge in [-0.3, -0.25) is 0 Å². The number of nitrogens with zero attached hydrogens (tertiary/aromatic N) is 2. The second-order valence-corrected chi connectivity index (χ2v) is 6.14. The van der Waals surface area contributed by atoms with Crippen molar-refractivity contribution in [3.05, 3.63) is 34.7 Å². The molecule has 0 radical (unpaired) electrons. The fraction of sp³-hybridized carbons (Fsp3) is 0.333. The largest absolute Gasteiger partial charge is 0.361 e. The van der Waals surface area contributed by atoms with Gasteiger partial charge in [-0.25, -0.2) is 4.98 Å². The lowest BCUT2D eigenvalue weighted by atomic mass is 10.1. The average Bonchev–Trinajstić information content (AvgIpc) is 3.19. The third-order valence-electron chi connectivity index (χ3n) is 3.32. The highest BCUT2D eigenvalue weighted by Crippen LogP contribution is 2.33. The summed E-state index contributed by atoms with van der Waals surface area (Å²) in [5, 5.41) is 13.2. The molecule has 4 heteroatoms. The van der Waals surface area contributed by atoms with E-state index in [1.165, 1.54) is 17.7 Å². The van der Waals surface area contributed by atoms with Gasteiger partial charge in [-0.2, -0.15) is 5.26 Å². The van der Waals surface area contributed by atoms with Crippen molar-refractivity contribution in [2.24, 2.45) is 5.92 Å². The van der Waals surface area contributed by atoms with Crippen molar-refractivity contribution in [2.75, 3.05) is 11.9 Å². The van der Waals surface area contributed by atoms with Crippen molar-refractivity contribution in [3.63, 3.8) is 0 Å². The van der Waals surface area contributed by atoms with Crippen molar-refractivity contribution >= 4 is 16.5 Å². The monoisotopic (exact) mass is 269 g/mol. The van der Waals surface area contributed by atoms with Crippen LogP contribution in [0.1, 0.15) is 23.3 Å². The molecule has 1 saturated carbocycles. The molecule has 1 fully saturated rings. The molecule has 3 nitrogen and oxygen atoms in total. The molecule has 0 atom stereocenters. The summed E-state index contributed by atoms with van der Waals surface area (Å²) in [6.45, 7) is 3.13. The predicted molar refractivity (Wildman–Crippen MR) is 78.2 cm³/mol. The Morgan fingerprint density at radius 3 is 2.74 bits per heavy atom. The van der Waals surface area contributed by atoms with E-state index in [1.807, 2.05) is 24.3 Å². The second kappa shape index (κ2) is 5.02. The van der Waals surface area contributed by atoms with Gasteiger partial charge >= 0.3 is 0 Å². The Labute approximate surface area is 116 Å². The molecule has 0 aliphatic heterocycles. The van der Waals surface area contributed by atoms with E-state index >= 15 is 0 Å². The number of hydrogen-bond acceptors (Lipinski definition) is 4. The Balaban J connectivity index is 1.80. The van der Waals surface area contributed by atoms with Crippen molar-refractivity contribution in [2.45, 2.75) is 19.8 Å². The summed E-state index contributed by atoms with van der Waals surface area (Å²) in [6.07, 6.45) is 2.69. The molecule has 0 amide bonds. The SMILES string of the molecule is Cc1sc(NCC2CC2)nc1-c1ccc(C#N)cc1. The summed E-state index contributed by atoms with van der Waals surface area (Å²) in [7, 11) is 0. The summed E-state index contributed by atoms with van der Waals surface area (Å²) >= 11 is 1.70. The van der Waals surface area contributed by atoms with Crippen LogP contribution in [0.2, 0.25) is 0 Å². The maximum absolute atomic E-state index is 8.81. The molecule has 3 rings (SSSR count). The molecular weight excluding hydrogens is 254 g/mol. The molecule has 1 aromatic carbocycles. The van der Waals surface area contributed by atoms with Gasteiger partial charge < -0.3 is 5.32 Å². The maximum Gasteiger partial charge on any atom is 0.183 e. The van der Waals surface area contributed by atoms with Gasteiger partial charge in [0, 0.05) is 17.0 Å². The number of nitrogens with one attached hydrogen (secondary N) is 1. The topological polar surface area (TPSA) is 48.7 Å². The van der Waals surface area contributed by atoms with Crippen molar-refractivity contribution in [3.8, 4) is 17.3 Å². The van der Waals surface area contributed by atoms with Crippen LogP contribution in [0.5, 0.6) is 0 Å². The first-order valence-electron chi connectivity index (χ1n) is 6.48. The third kappa shape index (κ3) is 2.77. The normalized spacial score (nSPS) is 14.1. The highest BCUT2D eigenvalue weighted by Gasteiger charge is 2.21. The standard InChI is InChI=1S/C15H15N3S/c1-10-14(13-6-4-11(8-16)5-7-13)18-15(19-10)17-9-12-2-3-12/h4-7,12H,2-3,9H2,1H3,(H,17,18). The van der Waals surface area contributed by atoms with E-state index in [0.29, 0.717) is 5.56 Å². The zero-order valence-corrected chi connectivity index (χ0v) is 11.6.